The van der Waals surface area contributed by atoms with Crippen LogP contribution in [-0.2, 0) is 18.4 Å². The summed E-state index contributed by atoms with van der Waals surface area (Å²) in [6.07, 6.45) is 0. The molecule has 7 nitrogen and oxygen atoms in total. The monoisotopic (exact) mass is 420 g/mol. The third-order valence-corrected chi connectivity index (χ3v) is 4.98. The highest BCUT2D eigenvalue weighted by atomic mass is 16.5. The van der Waals surface area contributed by atoms with Gasteiger partial charge in [-0.25, -0.2) is 0 Å². The first-order valence-corrected chi connectivity index (χ1v) is 10.0. The smallest absolute Gasteiger partial charge is 0.181 e. The largest absolute Gasteiger partial charge is 0.489 e. The van der Waals surface area contributed by atoms with Crippen LogP contribution < -0.4 is 16.2 Å². The summed E-state index contributed by atoms with van der Waals surface area (Å²) in [5, 5.41) is 10.1. The van der Waals surface area contributed by atoms with E-state index in [1.54, 1.807) is 28.8 Å². The van der Waals surface area contributed by atoms with Crippen molar-refractivity contribution in [2.24, 2.45) is 12.8 Å². The van der Waals surface area contributed by atoms with Crippen LogP contribution in [0.5, 0.6) is 5.75 Å². The summed E-state index contributed by atoms with van der Waals surface area (Å²) >= 11 is 0. The highest BCUT2D eigenvalue weighted by Gasteiger charge is 2.20. The van der Waals surface area contributed by atoms with Crippen LogP contribution in [0.3, 0.4) is 0 Å². The molecule has 2 aromatic carbocycles. The van der Waals surface area contributed by atoms with E-state index in [4.69, 9.17) is 20.9 Å². The molecule has 7 heteroatoms. The number of benzene rings is 2. The molecule has 31 heavy (non-hydrogen) atoms. The van der Waals surface area contributed by atoms with Crippen LogP contribution in [0.25, 0.3) is 10.9 Å². The number of nitriles is 1. The number of carbonyl (C=O) groups excluding carboxylic acids is 1. The van der Waals surface area contributed by atoms with Gasteiger partial charge in [-0.05, 0) is 50.6 Å². The number of aromatic nitrogens is 1. The summed E-state index contributed by atoms with van der Waals surface area (Å²) in [4.78, 5) is 12.6. The lowest BCUT2D eigenvalue weighted by molar-refractivity contribution is -0.00770. The lowest BCUT2D eigenvalue weighted by Crippen LogP contribution is -2.38. The summed E-state index contributed by atoms with van der Waals surface area (Å²) in [6, 6.07) is 14.1. The van der Waals surface area contributed by atoms with Gasteiger partial charge in [0.15, 0.2) is 5.78 Å². The van der Waals surface area contributed by atoms with Crippen molar-refractivity contribution in [3.63, 3.8) is 0 Å². The Morgan fingerprint density at radius 2 is 1.97 bits per heavy atom. The molecule has 1 atom stereocenters. The van der Waals surface area contributed by atoms with Crippen LogP contribution >= 0.6 is 0 Å². The Balaban J connectivity index is 1.72. The molecule has 3 aromatic rings. The van der Waals surface area contributed by atoms with Gasteiger partial charge in [0, 0.05) is 18.0 Å². The van der Waals surface area contributed by atoms with Crippen LogP contribution in [0, 0.1) is 11.3 Å². The number of ether oxygens (including phenoxy) is 2. The first kappa shape index (κ1) is 22.3. The average molecular weight is 421 g/mol. The fourth-order valence-corrected chi connectivity index (χ4v) is 3.26. The van der Waals surface area contributed by atoms with Crippen molar-refractivity contribution >= 4 is 22.5 Å². The summed E-state index contributed by atoms with van der Waals surface area (Å²) in [5.74, 6) is 0.861. The lowest BCUT2D eigenvalue weighted by Gasteiger charge is -2.22. The minimum absolute atomic E-state index is 0.157. The molecule has 0 aliphatic carbocycles. The Kier molecular flexibility index (Phi) is 6.34. The minimum atomic E-state index is -0.731. The van der Waals surface area contributed by atoms with E-state index < -0.39 is 6.04 Å². The van der Waals surface area contributed by atoms with Gasteiger partial charge in [-0.3, -0.25) is 4.79 Å². The molecule has 1 unspecified atom stereocenters. The van der Waals surface area contributed by atoms with Gasteiger partial charge < -0.3 is 25.5 Å². The number of nitrogens with zero attached hydrogens (tertiary/aromatic N) is 2. The molecule has 0 bridgehead atoms. The molecule has 162 valence electrons. The van der Waals surface area contributed by atoms with Crippen LogP contribution in [0.2, 0.25) is 0 Å². The summed E-state index contributed by atoms with van der Waals surface area (Å²) in [6.45, 7) is 6.18. The summed E-state index contributed by atoms with van der Waals surface area (Å²) in [7, 11) is 1.82. The van der Waals surface area contributed by atoms with Crippen LogP contribution in [0.4, 0.5) is 5.82 Å². The predicted octanol–water partition coefficient (Wildman–Crippen LogP) is 3.54. The van der Waals surface area contributed by atoms with Crippen LogP contribution in [-0.4, -0.2) is 28.6 Å². The number of carbonyl (C=O) groups is 1. The Hall–Kier alpha value is -3.34. The molecule has 0 fully saturated rings. The molecule has 0 spiro atoms. The quantitative estimate of drug-likeness (QED) is 0.565. The lowest BCUT2D eigenvalue weighted by atomic mass is 10.0. The SMILES string of the molecule is Cn1c(N)c(C#N)c2cc(OCc3cccc(C(=O)C(N)COC(C)(C)C)c3)ccc21. The van der Waals surface area contributed by atoms with Gasteiger partial charge >= 0.3 is 0 Å². The predicted molar refractivity (Wildman–Crippen MR) is 121 cm³/mol. The number of aryl methyl sites for hydroxylation is 1. The van der Waals surface area contributed by atoms with Gasteiger partial charge in [-0.1, -0.05) is 18.2 Å². The topological polar surface area (TPSA) is 116 Å². The molecule has 1 heterocycles. The number of nitrogen functional groups attached to an aromatic ring is 1. The van der Waals surface area contributed by atoms with E-state index in [1.165, 1.54) is 0 Å². The number of nitrogens with two attached hydrogens (primary N) is 2. The molecule has 0 radical (unpaired) electrons. The molecule has 0 saturated carbocycles. The van der Waals surface area contributed by atoms with E-state index in [-0.39, 0.29) is 24.6 Å². The molecule has 1 aromatic heterocycles. The molecule has 3 rings (SSSR count). The van der Waals surface area contributed by atoms with Gasteiger partial charge in [-0.15, -0.1) is 0 Å². The number of rotatable bonds is 7. The van der Waals surface area contributed by atoms with E-state index in [1.807, 2.05) is 46.0 Å². The third-order valence-electron chi connectivity index (χ3n) is 4.98. The number of Topliss-reactive ketones (excluding diaryl/α,β-unsaturated/α-hetero) is 1. The number of hydrogen-bond acceptors (Lipinski definition) is 6. The number of fused-ring (bicyclic) bond motifs is 1. The maximum atomic E-state index is 12.6. The van der Waals surface area contributed by atoms with Crippen molar-refractivity contribution in [3.05, 3.63) is 59.2 Å². The van der Waals surface area contributed by atoms with Crippen LogP contribution in [0.15, 0.2) is 42.5 Å². The number of ketones is 1. The second-order valence-corrected chi connectivity index (χ2v) is 8.49. The Morgan fingerprint density at radius 1 is 1.23 bits per heavy atom. The van der Waals surface area contributed by atoms with E-state index in [9.17, 15) is 10.1 Å². The van der Waals surface area contributed by atoms with Crippen molar-refractivity contribution in [2.45, 2.75) is 39.0 Å². The van der Waals surface area contributed by atoms with Crippen molar-refractivity contribution in [2.75, 3.05) is 12.3 Å². The normalized spacial score (nSPS) is 12.5. The fraction of sp³-hybridized carbons (Fsp3) is 0.333. The van der Waals surface area contributed by atoms with E-state index >= 15 is 0 Å². The highest BCUT2D eigenvalue weighted by Crippen LogP contribution is 2.30. The first-order valence-electron chi connectivity index (χ1n) is 10.0. The van der Waals surface area contributed by atoms with E-state index in [0.29, 0.717) is 22.7 Å². The molecular weight excluding hydrogens is 392 g/mol. The zero-order valence-corrected chi connectivity index (χ0v) is 18.3. The van der Waals surface area contributed by atoms with Gasteiger partial charge in [-0.2, -0.15) is 5.26 Å². The molecule has 0 saturated heterocycles. The zero-order chi connectivity index (χ0) is 22.8. The standard InChI is InChI=1S/C24H28N4O3/c1-24(2,3)31-14-20(26)22(29)16-7-5-6-15(10-16)13-30-17-8-9-21-18(11-17)19(12-25)23(27)28(21)4/h5-11,20H,13-14,26-27H2,1-4H3. The van der Waals surface area contributed by atoms with Crippen molar-refractivity contribution in [3.8, 4) is 11.8 Å². The van der Waals surface area contributed by atoms with E-state index in [0.717, 1.165) is 16.5 Å². The third kappa shape index (κ3) is 5.05. The van der Waals surface area contributed by atoms with Crippen molar-refractivity contribution in [1.82, 2.24) is 4.57 Å². The summed E-state index contributed by atoms with van der Waals surface area (Å²) < 4.78 is 13.3. The van der Waals surface area contributed by atoms with Gasteiger partial charge in [0.2, 0.25) is 0 Å². The number of anilines is 1. The maximum absolute atomic E-state index is 12.6. The molecule has 4 N–H and O–H groups in total. The second kappa shape index (κ2) is 8.80. The second-order valence-electron chi connectivity index (χ2n) is 8.49. The van der Waals surface area contributed by atoms with Gasteiger partial charge in [0.25, 0.3) is 0 Å². The van der Waals surface area contributed by atoms with Crippen molar-refractivity contribution in [1.29, 1.82) is 5.26 Å². The maximum Gasteiger partial charge on any atom is 0.181 e. The Morgan fingerprint density at radius 3 is 2.65 bits per heavy atom. The molecule has 0 amide bonds. The Bertz CT molecular complexity index is 1150. The highest BCUT2D eigenvalue weighted by molar-refractivity contribution is 6.00. The molecule has 0 aliphatic rings. The van der Waals surface area contributed by atoms with E-state index in [2.05, 4.69) is 6.07 Å². The van der Waals surface area contributed by atoms with Crippen molar-refractivity contribution < 1.29 is 14.3 Å². The minimum Gasteiger partial charge on any atom is -0.489 e. The average Bonchev–Trinajstić information content (AvgIpc) is 2.98. The van der Waals surface area contributed by atoms with Gasteiger partial charge in [0.05, 0.1) is 23.8 Å². The van der Waals surface area contributed by atoms with Crippen LogP contribution in [0.1, 0.15) is 42.3 Å². The zero-order valence-electron chi connectivity index (χ0n) is 18.3. The fourth-order valence-electron chi connectivity index (χ4n) is 3.26. The Labute approximate surface area is 182 Å². The van der Waals surface area contributed by atoms with Gasteiger partial charge in [0.1, 0.15) is 29.8 Å². The first-order chi connectivity index (χ1) is 14.6. The summed E-state index contributed by atoms with van der Waals surface area (Å²) in [5.41, 5.74) is 14.3. The molecular formula is C24H28N4O3. The number of hydrogen-bond donors (Lipinski definition) is 2. The molecule has 0 aliphatic heterocycles.